The first-order valence-corrected chi connectivity index (χ1v) is 7.38. The Labute approximate surface area is 128 Å². The van der Waals surface area contributed by atoms with E-state index in [4.69, 9.17) is 1.37 Å². The fourth-order valence-electron chi connectivity index (χ4n) is 3.18. The molecule has 0 aliphatic rings. The van der Waals surface area contributed by atoms with Crippen LogP contribution in [0.3, 0.4) is 0 Å². The first-order chi connectivity index (χ1) is 10.4. The molecule has 0 saturated heterocycles. The number of hydrogen-bond acceptors (Lipinski definition) is 0. The van der Waals surface area contributed by atoms with Gasteiger partial charge in [0.25, 0.3) is 0 Å². The lowest BCUT2D eigenvalue weighted by Gasteiger charge is -2.12. The third-order valence-electron chi connectivity index (χ3n) is 4.32. The average molecular weight is 277 g/mol. The number of hydrogen-bond donors (Lipinski definition) is 0. The standard InChI is InChI=1S/C20H22N/c1-13-10-14(2)16(4)19(11-13)20-18-9-7-6-8-17(18)15(3)12-21(20)5/h6-12H,1-5H3/q+1/i12D. The summed E-state index contributed by atoms with van der Waals surface area (Å²) in [7, 11) is 1.99. The van der Waals surface area contributed by atoms with Crippen molar-refractivity contribution in [2.45, 2.75) is 27.7 Å². The predicted octanol–water partition coefficient (Wildman–Crippen LogP) is 4.56. The van der Waals surface area contributed by atoms with Gasteiger partial charge in [-0.1, -0.05) is 29.8 Å². The summed E-state index contributed by atoms with van der Waals surface area (Å²) >= 11 is 0. The molecule has 0 bridgehead atoms. The molecule has 1 nitrogen and oxygen atoms in total. The van der Waals surface area contributed by atoms with E-state index in [1.54, 1.807) is 0 Å². The summed E-state index contributed by atoms with van der Waals surface area (Å²) in [4.78, 5) is 0. The van der Waals surface area contributed by atoms with Crippen molar-refractivity contribution in [1.82, 2.24) is 0 Å². The minimum absolute atomic E-state index is 0.576. The summed E-state index contributed by atoms with van der Waals surface area (Å²) in [6.07, 6.45) is 0.576. The average Bonchev–Trinajstić information content (AvgIpc) is 2.50. The zero-order chi connectivity index (χ0) is 16.0. The first kappa shape index (κ1) is 12.6. The van der Waals surface area contributed by atoms with E-state index in [0.717, 1.165) is 11.3 Å². The smallest absolute Gasteiger partial charge is 0.200 e. The Morgan fingerprint density at radius 2 is 1.57 bits per heavy atom. The lowest BCUT2D eigenvalue weighted by Crippen LogP contribution is -2.31. The quantitative estimate of drug-likeness (QED) is 0.574. The molecule has 0 saturated carbocycles. The molecule has 21 heavy (non-hydrogen) atoms. The van der Waals surface area contributed by atoms with Crippen LogP contribution in [0.5, 0.6) is 0 Å². The number of fused-ring (bicyclic) bond motifs is 1. The summed E-state index contributed by atoms with van der Waals surface area (Å²) in [5.74, 6) is 0. The largest absolute Gasteiger partial charge is 0.220 e. The fraction of sp³-hybridized carbons (Fsp3) is 0.250. The van der Waals surface area contributed by atoms with Crippen LogP contribution in [-0.2, 0) is 7.05 Å². The van der Waals surface area contributed by atoms with Crippen LogP contribution in [0.25, 0.3) is 22.0 Å². The Hall–Kier alpha value is -2.15. The predicted molar refractivity (Wildman–Crippen MR) is 89.5 cm³/mol. The van der Waals surface area contributed by atoms with E-state index in [-0.39, 0.29) is 0 Å². The second-order valence-electron chi connectivity index (χ2n) is 5.94. The highest BCUT2D eigenvalue weighted by molar-refractivity contribution is 5.95. The number of nitrogens with zero attached hydrogens (tertiary/aromatic N) is 1. The molecular weight excluding hydrogens is 254 g/mol. The van der Waals surface area contributed by atoms with Gasteiger partial charge in [0.15, 0.2) is 6.17 Å². The molecule has 0 N–H and O–H groups in total. The van der Waals surface area contributed by atoms with Crippen LogP contribution < -0.4 is 4.57 Å². The molecule has 3 aromatic rings. The van der Waals surface area contributed by atoms with E-state index in [0.29, 0.717) is 6.17 Å². The maximum atomic E-state index is 8.46. The van der Waals surface area contributed by atoms with Crippen molar-refractivity contribution in [3.63, 3.8) is 0 Å². The number of benzene rings is 2. The summed E-state index contributed by atoms with van der Waals surface area (Å²) in [5.41, 5.74) is 7.24. The fourth-order valence-corrected chi connectivity index (χ4v) is 3.18. The van der Waals surface area contributed by atoms with Crippen LogP contribution in [0.15, 0.2) is 42.6 Å². The number of rotatable bonds is 1. The summed E-state index contributed by atoms with van der Waals surface area (Å²) < 4.78 is 10.5. The van der Waals surface area contributed by atoms with E-state index >= 15 is 0 Å². The Bertz CT molecular complexity index is 894. The molecular formula is C20H22N+. The van der Waals surface area contributed by atoms with E-state index < -0.39 is 0 Å². The Balaban J connectivity index is 2.52. The van der Waals surface area contributed by atoms with Gasteiger partial charge in [0.2, 0.25) is 5.69 Å². The van der Waals surface area contributed by atoms with Crippen LogP contribution in [0.4, 0.5) is 0 Å². The van der Waals surface area contributed by atoms with Gasteiger partial charge in [-0.25, -0.2) is 4.57 Å². The topological polar surface area (TPSA) is 3.88 Å². The minimum atomic E-state index is 0.576. The van der Waals surface area contributed by atoms with E-state index in [1.165, 1.54) is 33.0 Å². The van der Waals surface area contributed by atoms with Gasteiger partial charge in [-0.2, -0.15) is 0 Å². The van der Waals surface area contributed by atoms with Crippen LogP contribution in [0.1, 0.15) is 23.6 Å². The zero-order valence-corrected chi connectivity index (χ0v) is 13.4. The van der Waals surface area contributed by atoms with Crippen molar-refractivity contribution in [3.05, 3.63) is 64.8 Å². The van der Waals surface area contributed by atoms with Gasteiger partial charge >= 0.3 is 0 Å². The van der Waals surface area contributed by atoms with Gasteiger partial charge in [-0.15, -0.1) is 0 Å². The van der Waals surface area contributed by atoms with Crippen molar-refractivity contribution >= 4 is 10.8 Å². The Morgan fingerprint density at radius 3 is 2.29 bits per heavy atom. The van der Waals surface area contributed by atoms with E-state index in [9.17, 15) is 0 Å². The maximum absolute atomic E-state index is 8.46. The van der Waals surface area contributed by atoms with Crippen molar-refractivity contribution < 1.29 is 5.94 Å². The molecule has 1 heteroatoms. The van der Waals surface area contributed by atoms with Gasteiger partial charge in [-0.05, 0) is 56.3 Å². The second kappa shape index (κ2) is 5.00. The molecule has 106 valence electrons. The van der Waals surface area contributed by atoms with Crippen LogP contribution in [0.2, 0.25) is 0 Å². The summed E-state index contributed by atoms with van der Waals surface area (Å²) in [6.45, 7) is 8.49. The number of aryl methyl sites for hydroxylation is 3. The molecule has 1 aromatic heterocycles. The van der Waals surface area contributed by atoms with Gasteiger partial charge in [0.1, 0.15) is 8.42 Å². The molecule has 0 amide bonds. The highest BCUT2D eigenvalue weighted by atomic mass is 14.9. The molecule has 2 aromatic carbocycles. The van der Waals surface area contributed by atoms with Gasteiger partial charge in [0.05, 0.1) is 10.9 Å². The van der Waals surface area contributed by atoms with Crippen LogP contribution >= 0.6 is 0 Å². The lowest BCUT2D eigenvalue weighted by molar-refractivity contribution is -0.659. The monoisotopic (exact) mass is 277 g/mol. The van der Waals surface area contributed by atoms with Crippen molar-refractivity contribution in [2.24, 2.45) is 7.05 Å². The Kier molecular flexibility index (Phi) is 2.99. The van der Waals surface area contributed by atoms with Gasteiger partial charge in [-0.3, -0.25) is 0 Å². The first-order valence-electron chi connectivity index (χ1n) is 7.88. The third-order valence-corrected chi connectivity index (χ3v) is 4.32. The molecule has 3 rings (SSSR count). The summed E-state index contributed by atoms with van der Waals surface area (Å²) in [5, 5.41) is 2.38. The molecule has 0 unspecified atom stereocenters. The molecule has 0 aliphatic heterocycles. The van der Waals surface area contributed by atoms with Crippen LogP contribution in [-0.4, -0.2) is 0 Å². The SMILES string of the molecule is [2H]c1c(C)c2ccccc2c(-c2cc(C)cc(C)c2C)[n+]1C. The Morgan fingerprint density at radius 1 is 0.905 bits per heavy atom. The van der Waals surface area contributed by atoms with Crippen molar-refractivity contribution in [3.8, 4) is 11.3 Å². The van der Waals surface area contributed by atoms with Gasteiger partial charge in [0, 0.05) is 5.56 Å². The second-order valence-corrected chi connectivity index (χ2v) is 5.94. The highest BCUT2D eigenvalue weighted by Gasteiger charge is 2.19. The molecule has 1 heterocycles. The maximum Gasteiger partial charge on any atom is 0.220 e. The van der Waals surface area contributed by atoms with E-state index in [1.807, 2.05) is 24.6 Å². The molecule has 0 aliphatic carbocycles. The summed E-state index contributed by atoms with van der Waals surface area (Å²) in [6, 6.07) is 12.9. The normalized spacial score (nSPS) is 11.8. The zero-order valence-electron chi connectivity index (χ0n) is 14.4. The highest BCUT2D eigenvalue weighted by Crippen LogP contribution is 2.31. The third kappa shape index (κ3) is 2.23. The van der Waals surface area contributed by atoms with Crippen LogP contribution in [0, 0.1) is 27.7 Å². The van der Waals surface area contributed by atoms with Crippen molar-refractivity contribution in [2.75, 3.05) is 0 Å². The number of aromatic nitrogens is 1. The van der Waals surface area contributed by atoms with E-state index in [2.05, 4.69) is 51.1 Å². The molecule has 0 radical (unpaired) electrons. The molecule has 0 atom stereocenters. The number of pyridine rings is 1. The van der Waals surface area contributed by atoms with Gasteiger partial charge < -0.3 is 0 Å². The molecule has 0 fully saturated rings. The molecule has 0 spiro atoms. The lowest BCUT2D eigenvalue weighted by atomic mass is 9.94. The minimum Gasteiger partial charge on any atom is -0.200 e. The van der Waals surface area contributed by atoms with Crippen molar-refractivity contribution in [1.29, 1.82) is 0 Å².